The van der Waals surface area contributed by atoms with E-state index < -0.39 is 0 Å². The largest absolute Gasteiger partial charge is 0.354 e. The zero-order chi connectivity index (χ0) is 16.5. The number of H-pyrrole nitrogens is 1. The predicted molar refractivity (Wildman–Crippen MR) is 89.8 cm³/mol. The number of rotatable bonds is 3. The molecule has 0 bridgehead atoms. The van der Waals surface area contributed by atoms with Crippen LogP contribution in [0.5, 0.6) is 0 Å². The van der Waals surface area contributed by atoms with Crippen LogP contribution in [0.25, 0.3) is 11.0 Å². The lowest BCUT2D eigenvalue weighted by atomic mass is 10.0. The van der Waals surface area contributed by atoms with Crippen molar-refractivity contribution in [2.75, 3.05) is 18.0 Å². The molecule has 8 heteroatoms. The maximum Gasteiger partial charge on any atom is 0.254 e. The van der Waals surface area contributed by atoms with E-state index in [0.717, 1.165) is 42.8 Å². The minimum absolute atomic E-state index is 0.0792. The van der Waals surface area contributed by atoms with E-state index in [9.17, 15) is 4.79 Å². The van der Waals surface area contributed by atoms with Crippen molar-refractivity contribution in [3.8, 4) is 0 Å². The second-order valence-corrected chi connectivity index (χ2v) is 6.10. The zero-order valence-electron chi connectivity index (χ0n) is 13.4. The highest BCUT2D eigenvalue weighted by atomic mass is 16.1. The van der Waals surface area contributed by atoms with Crippen LogP contribution in [0, 0.1) is 0 Å². The zero-order valence-corrected chi connectivity index (χ0v) is 13.4. The van der Waals surface area contributed by atoms with Gasteiger partial charge in [0.1, 0.15) is 17.8 Å². The molecule has 1 atom stereocenters. The van der Waals surface area contributed by atoms with Gasteiger partial charge in [-0.2, -0.15) is 5.10 Å². The molecule has 3 aromatic heterocycles. The van der Waals surface area contributed by atoms with E-state index in [1.54, 1.807) is 30.5 Å². The van der Waals surface area contributed by atoms with Gasteiger partial charge in [-0.3, -0.25) is 9.48 Å². The van der Waals surface area contributed by atoms with Crippen LogP contribution in [-0.4, -0.2) is 49.8 Å². The summed E-state index contributed by atoms with van der Waals surface area (Å²) in [5.41, 5.74) is 1.42. The van der Waals surface area contributed by atoms with Gasteiger partial charge in [0, 0.05) is 38.6 Å². The Morgan fingerprint density at radius 3 is 3.17 bits per heavy atom. The van der Waals surface area contributed by atoms with E-state index in [2.05, 4.69) is 30.3 Å². The summed E-state index contributed by atoms with van der Waals surface area (Å²) < 4.78 is 1.63. The molecule has 0 saturated carbocycles. The number of carbonyl (C=O) groups is 1. The third kappa shape index (κ3) is 2.70. The lowest BCUT2D eigenvalue weighted by Crippen LogP contribution is -2.48. The summed E-state index contributed by atoms with van der Waals surface area (Å²) in [6.07, 6.45) is 8.73. The Kier molecular flexibility index (Phi) is 3.64. The van der Waals surface area contributed by atoms with Crippen LogP contribution in [0.15, 0.2) is 31.0 Å². The first-order chi connectivity index (χ1) is 11.7. The highest BCUT2D eigenvalue weighted by Gasteiger charge is 2.24. The fourth-order valence-electron chi connectivity index (χ4n) is 3.21. The summed E-state index contributed by atoms with van der Waals surface area (Å²) in [4.78, 5) is 26.3. The Labute approximate surface area is 138 Å². The molecule has 3 aromatic rings. The molecule has 124 valence electrons. The first kappa shape index (κ1) is 14.7. The Bertz CT molecular complexity index is 868. The molecule has 0 aliphatic carbocycles. The minimum Gasteiger partial charge on any atom is -0.354 e. The van der Waals surface area contributed by atoms with Gasteiger partial charge in [0.2, 0.25) is 0 Å². The Hall–Kier alpha value is -2.90. The van der Waals surface area contributed by atoms with Gasteiger partial charge in [0.25, 0.3) is 5.91 Å². The van der Waals surface area contributed by atoms with Crippen molar-refractivity contribution in [1.82, 2.24) is 30.0 Å². The number of nitrogens with one attached hydrogen (secondary N) is 2. The summed E-state index contributed by atoms with van der Waals surface area (Å²) >= 11 is 0. The lowest BCUT2D eigenvalue weighted by molar-refractivity contribution is 0.0933. The quantitative estimate of drug-likeness (QED) is 0.752. The third-order valence-corrected chi connectivity index (χ3v) is 4.36. The molecule has 24 heavy (non-hydrogen) atoms. The number of aryl methyl sites for hydroxylation is 1. The van der Waals surface area contributed by atoms with Crippen LogP contribution in [-0.2, 0) is 7.05 Å². The maximum atomic E-state index is 12.3. The van der Waals surface area contributed by atoms with Gasteiger partial charge in [-0.05, 0) is 18.9 Å². The number of aromatic nitrogens is 5. The molecule has 1 aliphatic rings. The number of anilines is 1. The van der Waals surface area contributed by atoms with E-state index in [-0.39, 0.29) is 11.9 Å². The summed E-state index contributed by atoms with van der Waals surface area (Å²) in [5.74, 6) is 0.839. The molecule has 8 nitrogen and oxygen atoms in total. The van der Waals surface area contributed by atoms with Gasteiger partial charge < -0.3 is 15.2 Å². The number of aromatic amines is 1. The Balaban J connectivity index is 1.49. The van der Waals surface area contributed by atoms with Crippen LogP contribution >= 0.6 is 0 Å². The van der Waals surface area contributed by atoms with Crippen molar-refractivity contribution < 1.29 is 4.79 Å². The number of nitrogens with zero attached hydrogens (tertiary/aromatic N) is 5. The Morgan fingerprint density at radius 1 is 1.42 bits per heavy atom. The highest BCUT2D eigenvalue weighted by Crippen LogP contribution is 2.25. The van der Waals surface area contributed by atoms with E-state index in [4.69, 9.17) is 0 Å². The number of hydrogen-bond donors (Lipinski definition) is 2. The smallest absolute Gasteiger partial charge is 0.254 e. The fourth-order valence-corrected chi connectivity index (χ4v) is 3.21. The molecular weight excluding hydrogens is 306 g/mol. The molecule has 4 heterocycles. The number of amides is 1. The van der Waals surface area contributed by atoms with E-state index in [1.165, 1.54) is 0 Å². The van der Waals surface area contributed by atoms with Gasteiger partial charge in [-0.25, -0.2) is 9.97 Å². The van der Waals surface area contributed by atoms with Crippen molar-refractivity contribution >= 4 is 22.8 Å². The first-order valence-electron chi connectivity index (χ1n) is 8.03. The summed E-state index contributed by atoms with van der Waals surface area (Å²) in [6, 6.07) is 2.08. The van der Waals surface area contributed by atoms with E-state index in [0.29, 0.717) is 5.56 Å². The normalized spacial score (nSPS) is 18.0. The molecule has 0 spiro atoms. The van der Waals surface area contributed by atoms with Crippen molar-refractivity contribution in [3.05, 3.63) is 36.5 Å². The summed E-state index contributed by atoms with van der Waals surface area (Å²) in [6.45, 7) is 1.67. The topological polar surface area (TPSA) is 91.7 Å². The number of piperidine rings is 1. The van der Waals surface area contributed by atoms with Crippen molar-refractivity contribution in [2.24, 2.45) is 7.05 Å². The van der Waals surface area contributed by atoms with Crippen molar-refractivity contribution in [1.29, 1.82) is 0 Å². The van der Waals surface area contributed by atoms with Crippen LogP contribution in [0.1, 0.15) is 23.2 Å². The summed E-state index contributed by atoms with van der Waals surface area (Å²) in [7, 11) is 1.80. The van der Waals surface area contributed by atoms with Gasteiger partial charge in [0.15, 0.2) is 0 Å². The standard InChI is InChI=1S/C16H19N7O/c1-22-8-11(7-20-22)16(24)21-12-3-2-6-23(9-12)15-13-4-5-17-14(13)18-10-19-15/h4-5,7-8,10,12H,2-3,6,9H2,1H3,(H,21,24)(H,17,18,19). The van der Waals surface area contributed by atoms with Gasteiger partial charge >= 0.3 is 0 Å². The molecule has 0 aromatic carbocycles. The molecular formula is C16H19N7O. The molecule has 1 saturated heterocycles. The SMILES string of the molecule is Cn1cc(C(=O)NC2CCCN(c3ncnc4[nH]ccc34)C2)cn1. The van der Waals surface area contributed by atoms with Gasteiger partial charge in [0.05, 0.1) is 17.1 Å². The molecule has 1 unspecified atom stereocenters. The van der Waals surface area contributed by atoms with Crippen molar-refractivity contribution in [3.63, 3.8) is 0 Å². The Morgan fingerprint density at radius 2 is 2.33 bits per heavy atom. The van der Waals surface area contributed by atoms with Crippen LogP contribution < -0.4 is 10.2 Å². The van der Waals surface area contributed by atoms with Crippen molar-refractivity contribution in [2.45, 2.75) is 18.9 Å². The van der Waals surface area contributed by atoms with E-state index in [1.807, 2.05) is 12.3 Å². The molecule has 4 rings (SSSR count). The number of carbonyl (C=O) groups excluding carboxylic acids is 1. The predicted octanol–water partition coefficient (Wildman–Crippen LogP) is 1.09. The second-order valence-electron chi connectivity index (χ2n) is 6.10. The first-order valence-corrected chi connectivity index (χ1v) is 8.03. The molecule has 1 fully saturated rings. The minimum atomic E-state index is -0.0792. The average Bonchev–Trinajstić information content (AvgIpc) is 3.23. The van der Waals surface area contributed by atoms with Crippen LogP contribution in [0.3, 0.4) is 0 Å². The summed E-state index contributed by atoms with van der Waals surface area (Å²) in [5, 5.41) is 8.16. The maximum absolute atomic E-state index is 12.3. The number of fused-ring (bicyclic) bond motifs is 1. The third-order valence-electron chi connectivity index (χ3n) is 4.36. The molecule has 0 radical (unpaired) electrons. The lowest BCUT2D eigenvalue weighted by Gasteiger charge is -2.34. The van der Waals surface area contributed by atoms with Crippen LogP contribution in [0.2, 0.25) is 0 Å². The molecule has 2 N–H and O–H groups in total. The second kappa shape index (κ2) is 5.95. The van der Waals surface area contributed by atoms with E-state index >= 15 is 0 Å². The fraction of sp³-hybridized carbons (Fsp3) is 0.375. The number of hydrogen-bond acceptors (Lipinski definition) is 5. The molecule has 1 amide bonds. The average molecular weight is 325 g/mol. The molecule has 1 aliphatic heterocycles. The monoisotopic (exact) mass is 325 g/mol. The van der Waals surface area contributed by atoms with Gasteiger partial charge in [-0.1, -0.05) is 0 Å². The highest BCUT2D eigenvalue weighted by molar-refractivity contribution is 5.94. The van der Waals surface area contributed by atoms with Crippen LogP contribution in [0.4, 0.5) is 5.82 Å². The van der Waals surface area contributed by atoms with Gasteiger partial charge in [-0.15, -0.1) is 0 Å².